The normalized spacial score (nSPS) is 9.69. The Labute approximate surface area is 93.6 Å². The Morgan fingerprint density at radius 2 is 1.69 bits per heavy atom. The Morgan fingerprint density at radius 1 is 1.19 bits per heavy atom. The van der Waals surface area contributed by atoms with Gasteiger partial charge in [-0.05, 0) is 17.7 Å². The fraction of sp³-hybridized carbons (Fsp3) is 0.364. The molecule has 0 unspecified atom stereocenters. The fourth-order valence-electron chi connectivity index (χ4n) is 1.29. The topological polar surface area (TPSA) is 65.0 Å². The van der Waals surface area contributed by atoms with E-state index in [1.54, 1.807) is 12.1 Å². The highest BCUT2D eigenvalue weighted by Gasteiger charge is 2.13. The van der Waals surface area contributed by atoms with Crippen molar-refractivity contribution in [2.24, 2.45) is 0 Å². The summed E-state index contributed by atoms with van der Waals surface area (Å²) in [5.41, 5.74) is 0.651. The summed E-state index contributed by atoms with van der Waals surface area (Å²) in [6, 6.07) is 3.13. The van der Waals surface area contributed by atoms with Gasteiger partial charge in [-0.1, -0.05) is 0 Å². The smallest absolute Gasteiger partial charge is 0.309 e. The molecule has 1 aromatic rings. The van der Waals surface area contributed by atoms with Gasteiger partial charge in [-0.25, -0.2) is 0 Å². The lowest BCUT2D eigenvalue weighted by atomic mass is 10.1. The first-order valence-corrected chi connectivity index (χ1v) is 4.63. The average molecular weight is 226 g/mol. The van der Waals surface area contributed by atoms with Crippen molar-refractivity contribution < 1.29 is 24.1 Å². The van der Waals surface area contributed by atoms with Crippen LogP contribution in [0.3, 0.4) is 0 Å². The van der Waals surface area contributed by atoms with Crippen molar-refractivity contribution in [2.75, 3.05) is 21.3 Å². The highest BCUT2D eigenvalue weighted by molar-refractivity contribution is 5.73. The van der Waals surface area contributed by atoms with Crippen molar-refractivity contribution in [1.82, 2.24) is 0 Å². The molecule has 0 saturated carbocycles. The minimum Gasteiger partial charge on any atom is -0.502 e. The lowest BCUT2D eigenvalue weighted by molar-refractivity contribution is -0.139. The molecule has 0 saturated heterocycles. The van der Waals surface area contributed by atoms with Crippen molar-refractivity contribution in [1.29, 1.82) is 0 Å². The summed E-state index contributed by atoms with van der Waals surface area (Å²) in [5, 5.41) is 9.64. The first-order chi connectivity index (χ1) is 7.62. The van der Waals surface area contributed by atoms with Gasteiger partial charge in [0.05, 0.1) is 27.8 Å². The van der Waals surface area contributed by atoms with Crippen LogP contribution in [0.4, 0.5) is 0 Å². The van der Waals surface area contributed by atoms with Gasteiger partial charge in [0.1, 0.15) is 0 Å². The maximum absolute atomic E-state index is 11.1. The van der Waals surface area contributed by atoms with Gasteiger partial charge in [-0.2, -0.15) is 0 Å². The third-order valence-electron chi connectivity index (χ3n) is 2.12. The predicted octanol–water partition coefficient (Wildman–Crippen LogP) is 1.12. The van der Waals surface area contributed by atoms with E-state index in [9.17, 15) is 9.90 Å². The number of esters is 1. The van der Waals surface area contributed by atoms with Crippen LogP contribution in [-0.4, -0.2) is 32.4 Å². The van der Waals surface area contributed by atoms with Crippen molar-refractivity contribution in [2.45, 2.75) is 6.42 Å². The second-order valence-corrected chi connectivity index (χ2v) is 3.10. The van der Waals surface area contributed by atoms with Crippen molar-refractivity contribution in [3.63, 3.8) is 0 Å². The minimum absolute atomic E-state index is 0.0846. The van der Waals surface area contributed by atoms with Gasteiger partial charge in [0.25, 0.3) is 0 Å². The zero-order chi connectivity index (χ0) is 12.1. The van der Waals surface area contributed by atoms with E-state index in [1.165, 1.54) is 21.3 Å². The van der Waals surface area contributed by atoms with E-state index in [-0.39, 0.29) is 29.6 Å². The Balaban J connectivity index is 3.06. The number of ether oxygens (including phenoxy) is 3. The predicted molar refractivity (Wildman–Crippen MR) is 56.9 cm³/mol. The highest BCUT2D eigenvalue weighted by Crippen LogP contribution is 2.37. The van der Waals surface area contributed by atoms with E-state index in [1.807, 2.05) is 0 Å². The molecular formula is C11H14O5. The molecule has 0 radical (unpaired) electrons. The number of hydrogen-bond acceptors (Lipinski definition) is 5. The molecule has 88 valence electrons. The Morgan fingerprint density at radius 3 is 2.06 bits per heavy atom. The van der Waals surface area contributed by atoms with Crippen molar-refractivity contribution in [3.05, 3.63) is 17.7 Å². The number of carbonyl (C=O) groups is 1. The molecule has 16 heavy (non-hydrogen) atoms. The Hall–Kier alpha value is -1.91. The number of aromatic hydroxyl groups is 1. The number of methoxy groups -OCH3 is 3. The van der Waals surface area contributed by atoms with Crippen LogP contribution in [0.15, 0.2) is 12.1 Å². The van der Waals surface area contributed by atoms with Gasteiger partial charge < -0.3 is 19.3 Å². The molecule has 0 aromatic heterocycles. The lowest BCUT2D eigenvalue weighted by Gasteiger charge is -2.10. The molecule has 5 heteroatoms. The van der Waals surface area contributed by atoms with E-state index >= 15 is 0 Å². The van der Waals surface area contributed by atoms with Gasteiger partial charge in [0.2, 0.25) is 5.75 Å². The quantitative estimate of drug-likeness (QED) is 0.779. The van der Waals surface area contributed by atoms with Gasteiger partial charge in [-0.3, -0.25) is 4.79 Å². The van der Waals surface area contributed by atoms with Crippen LogP contribution in [0.1, 0.15) is 5.56 Å². The molecule has 0 aliphatic heterocycles. The standard InChI is InChI=1S/C11H14O5/c1-14-8-4-7(6-10(12)16-3)5-9(15-2)11(8)13/h4-5,13H,6H2,1-3H3. The van der Waals surface area contributed by atoms with Crippen LogP contribution in [0.2, 0.25) is 0 Å². The van der Waals surface area contributed by atoms with Gasteiger partial charge in [0.15, 0.2) is 11.5 Å². The second-order valence-electron chi connectivity index (χ2n) is 3.10. The number of hydrogen-bond donors (Lipinski definition) is 1. The van der Waals surface area contributed by atoms with Crippen molar-refractivity contribution in [3.8, 4) is 17.2 Å². The molecule has 1 N–H and O–H groups in total. The Bertz CT molecular complexity index is 361. The summed E-state index contributed by atoms with van der Waals surface area (Å²) in [4.78, 5) is 11.1. The summed E-state index contributed by atoms with van der Waals surface area (Å²) in [5.74, 6) is 0.0740. The third-order valence-corrected chi connectivity index (χ3v) is 2.12. The molecule has 0 amide bonds. The van der Waals surface area contributed by atoms with Gasteiger partial charge in [0, 0.05) is 0 Å². The molecule has 0 atom stereocenters. The summed E-state index contributed by atoms with van der Waals surface area (Å²) in [6.45, 7) is 0. The first-order valence-electron chi connectivity index (χ1n) is 4.63. The largest absolute Gasteiger partial charge is 0.502 e. The number of phenolic OH excluding ortho intramolecular Hbond substituents is 1. The molecular weight excluding hydrogens is 212 g/mol. The number of rotatable bonds is 4. The summed E-state index contributed by atoms with van der Waals surface area (Å²) < 4.78 is 14.5. The molecule has 1 rings (SSSR count). The first kappa shape index (κ1) is 12.2. The SMILES string of the molecule is COC(=O)Cc1cc(OC)c(O)c(OC)c1. The summed E-state index contributed by atoms with van der Waals surface area (Å²) >= 11 is 0. The van der Waals surface area contributed by atoms with E-state index in [0.717, 1.165) is 0 Å². The zero-order valence-corrected chi connectivity index (χ0v) is 9.44. The Kier molecular flexibility index (Phi) is 3.99. The van der Waals surface area contributed by atoms with Crippen LogP contribution >= 0.6 is 0 Å². The molecule has 5 nitrogen and oxygen atoms in total. The fourth-order valence-corrected chi connectivity index (χ4v) is 1.29. The van der Waals surface area contributed by atoms with Crippen LogP contribution in [0.25, 0.3) is 0 Å². The summed E-state index contributed by atoms with van der Waals surface area (Å²) in [6.07, 6.45) is 0.101. The molecule has 0 fully saturated rings. The number of phenols is 1. The monoisotopic (exact) mass is 226 g/mol. The van der Waals surface area contributed by atoms with E-state index in [4.69, 9.17) is 9.47 Å². The zero-order valence-electron chi connectivity index (χ0n) is 9.44. The summed E-state index contributed by atoms with van der Waals surface area (Å²) in [7, 11) is 4.17. The molecule has 0 spiro atoms. The molecule has 1 aromatic carbocycles. The van der Waals surface area contributed by atoms with Crippen LogP contribution in [0.5, 0.6) is 17.2 Å². The maximum atomic E-state index is 11.1. The number of benzene rings is 1. The maximum Gasteiger partial charge on any atom is 0.309 e. The second kappa shape index (κ2) is 5.25. The number of carbonyl (C=O) groups excluding carboxylic acids is 1. The molecule has 0 bridgehead atoms. The van der Waals surface area contributed by atoms with Crippen molar-refractivity contribution >= 4 is 5.97 Å². The molecule has 0 aliphatic rings. The van der Waals surface area contributed by atoms with Gasteiger partial charge in [-0.15, -0.1) is 0 Å². The van der Waals surface area contributed by atoms with E-state index < -0.39 is 0 Å². The average Bonchev–Trinajstić information content (AvgIpc) is 2.30. The van der Waals surface area contributed by atoms with Crippen LogP contribution < -0.4 is 9.47 Å². The lowest BCUT2D eigenvalue weighted by Crippen LogP contribution is -2.05. The van der Waals surface area contributed by atoms with E-state index in [0.29, 0.717) is 5.56 Å². The van der Waals surface area contributed by atoms with Crippen LogP contribution in [0, 0.1) is 0 Å². The van der Waals surface area contributed by atoms with Crippen LogP contribution in [-0.2, 0) is 16.0 Å². The highest BCUT2D eigenvalue weighted by atomic mass is 16.5. The minimum atomic E-state index is -0.366. The van der Waals surface area contributed by atoms with E-state index in [2.05, 4.69) is 4.74 Å². The molecule has 0 aliphatic carbocycles. The molecule has 0 heterocycles. The van der Waals surface area contributed by atoms with Gasteiger partial charge >= 0.3 is 5.97 Å². The third kappa shape index (κ3) is 2.56.